The van der Waals surface area contributed by atoms with Crippen LogP contribution in [0.3, 0.4) is 0 Å². The lowest BCUT2D eigenvalue weighted by Gasteiger charge is -2.45. The minimum atomic E-state index is -0.282. The van der Waals surface area contributed by atoms with Crippen molar-refractivity contribution in [3.05, 3.63) is 0 Å². The van der Waals surface area contributed by atoms with Crippen LogP contribution in [0.5, 0.6) is 0 Å². The molecule has 1 N–H and O–H groups in total. The smallest absolute Gasteiger partial charge is 0.161 e. The fraction of sp³-hybridized carbons (Fsp3) is 1.00. The predicted octanol–water partition coefficient (Wildman–Crippen LogP) is 4.27. The number of rotatable bonds is 4. The average molecular weight is 310 g/mol. The van der Waals surface area contributed by atoms with E-state index in [1.807, 2.05) is 6.92 Å². The summed E-state index contributed by atoms with van der Waals surface area (Å²) in [6, 6.07) is 0. The Kier molecular flexibility index (Phi) is 5.80. The molecule has 0 radical (unpaired) electrons. The first-order valence-electron chi connectivity index (χ1n) is 9.64. The van der Waals surface area contributed by atoms with Crippen LogP contribution in [0.15, 0.2) is 0 Å². The van der Waals surface area contributed by atoms with Crippen molar-refractivity contribution < 1.29 is 14.6 Å². The van der Waals surface area contributed by atoms with Crippen LogP contribution in [0.25, 0.3) is 0 Å². The van der Waals surface area contributed by atoms with Crippen molar-refractivity contribution in [3.63, 3.8) is 0 Å². The molecule has 0 spiro atoms. The monoisotopic (exact) mass is 310 g/mol. The fourth-order valence-electron chi connectivity index (χ4n) is 4.99. The van der Waals surface area contributed by atoms with Crippen LogP contribution in [0.1, 0.15) is 78.1 Å². The normalized spacial score (nSPS) is 44.3. The Morgan fingerprint density at radius 1 is 0.909 bits per heavy atom. The number of hydrogen-bond donors (Lipinski definition) is 1. The molecule has 3 fully saturated rings. The first-order chi connectivity index (χ1) is 10.7. The lowest BCUT2D eigenvalue weighted by molar-refractivity contribution is -0.273. The minimum absolute atomic E-state index is 0.0228. The highest BCUT2D eigenvalue weighted by atomic mass is 16.7. The van der Waals surface area contributed by atoms with E-state index in [2.05, 4.69) is 6.92 Å². The van der Waals surface area contributed by atoms with Crippen molar-refractivity contribution in [2.75, 3.05) is 0 Å². The van der Waals surface area contributed by atoms with Gasteiger partial charge in [-0.25, -0.2) is 0 Å². The molecule has 0 aromatic rings. The molecule has 7 unspecified atom stereocenters. The number of ether oxygens (including phenoxy) is 2. The van der Waals surface area contributed by atoms with Gasteiger partial charge in [-0.05, 0) is 50.9 Å². The molecule has 3 rings (SSSR count). The summed E-state index contributed by atoms with van der Waals surface area (Å²) in [6.45, 7) is 4.06. The van der Waals surface area contributed by atoms with Crippen molar-refractivity contribution in [1.82, 2.24) is 0 Å². The van der Waals surface area contributed by atoms with Crippen LogP contribution in [0, 0.1) is 17.8 Å². The maximum atomic E-state index is 9.69. The summed E-state index contributed by atoms with van der Waals surface area (Å²) in [7, 11) is 0. The van der Waals surface area contributed by atoms with E-state index >= 15 is 0 Å². The fourth-order valence-corrected chi connectivity index (χ4v) is 4.99. The zero-order valence-electron chi connectivity index (χ0n) is 14.4. The Balaban J connectivity index is 1.59. The summed E-state index contributed by atoms with van der Waals surface area (Å²) >= 11 is 0. The average Bonchev–Trinajstić information content (AvgIpc) is 2.53. The van der Waals surface area contributed by atoms with E-state index in [0.29, 0.717) is 12.0 Å². The second-order valence-corrected chi connectivity index (χ2v) is 7.99. The number of aliphatic hydroxyl groups is 1. The maximum Gasteiger partial charge on any atom is 0.161 e. The summed E-state index contributed by atoms with van der Waals surface area (Å²) < 4.78 is 12.5. The van der Waals surface area contributed by atoms with Gasteiger partial charge in [0.25, 0.3) is 0 Å². The second-order valence-electron chi connectivity index (χ2n) is 7.99. The number of hydrogen-bond acceptors (Lipinski definition) is 3. The van der Waals surface area contributed by atoms with Gasteiger partial charge in [0.05, 0.1) is 18.3 Å². The van der Waals surface area contributed by atoms with Crippen molar-refractivity contribution in [1.29, 1.82) is 0 Å². The molecule has 0 bridgehead atoms. The van der Waals surface area contributed by atoms with Gasteiger partial charge in [0.15, 0.2) is 6.29 Å². The van der Waals surface area contributed by atoms with Gasteiger partial charge < -0.3 is 14.6 Å². The quantitative estimate of drug-likeness (QED) is 0.842. The maximum absolute atomic E-state index is 9.69. The van der Waals surface area contributed by atoms with Gasteiger partial charge in [0.1, 0.15) is 0 Å². The summed E-state index contributed by atoms with van der Waals surface area (Å²) in [5.41, 5.74) is 0. The Morgan fingerprint density at radius 3 is 2.32 bits per heavy atom. The standard InChI is InChI=1S/C19H34O3/c1-3-17-12-18(10-13(2)20)22-19(21-17)16-9-8-14-6-4-5-7-15(14)11-16/h13-20H,3-12H2,1-2H3. The van der Waals surface area contributed by atoms with Gasteiger partial charge in [-0.2, -0.15) is 0 Å². The first-order valence-corrected chi connectivity index (χ1v) is 9.64. The highest BCUT2D eigenvalue weighted by molar-refractivity contribution is 4.86. The Morgan fingerprint density at radius 2 is 1.59 bits per heavy atom. The Bertz CT molecular complexity index is 344. The highest BCUT2D eigenvalue weighted by Gasteiger charge is 2.40. The Hall–Kier alpha value is -0.120. The topological polar surface area (TPSA) is 38.7 Å². The molecule has 22 heavy (non-hydrogen) atoms. The van der Waals surface area contributed by atoms with Crippen molar-refractivity contribution in [2.45, 2.75) is 103 Å². The van der Waals surface area contributed by atoms with E-state index in [-0.39, 0.29) is 18.5 Å². The van der Waals surface area contributed by atoms with E-state index < -0.39 is 0 Å². The van der Waals surface area contributed by atoms with Crippen molar-refractivity contribution in [3.8, 4) is 0 Å². The van der Waals surface area contributed by atoms with Crippen LogP contribution in [-0.2, 0) is 9.47 Å². The van der Waals surface area contributed by atoms with Crippen LogP contribution in [0.4, 0.5) is 0 Å². The third kappa shape index (κ3) is 4.04. The van der Waals surface area contributed by atoms with Gasteiger partial charge in [0, 0.05) is 12.3 Å². The second kappa shape index (κ2) is 7.63. The summed E-state index contributed by atoms with van der Waals surface area (Å²) in [5, 5.41) is 9.69. The van der Waals surface area contributed by atoms with Crippen LogP contribution in [-0.4, -0.2) is 29.7 Å². The molecule has 3 nitrogen and oxygen atoms in total. The first kappa shape index (κ1) is 16.7. The molecule has 0 aromatic heterocycles. The van der Waals surface area contributed by atoms with Crippen molar-refractivity contribution in [2.24, 2.45) is 17.8 Å². The number of aliphatic hydroxyl groups excluding tert-OH is 1. The van der Waals surface area contributed by atoms with Crippen molar-refractivity contribution >= 4 is 0 Å². The molecule has 1 saturated heterocycles. The highest BCUT2D eigenvalue weighted by Crippen LogP contribution is 2.45. The van der Waals surface area contributed by atoms with Gasteiger partial charge in [-0.15, -0.1) is 0 Å². The minimum Gasteiger partial charge on any atom is -0.393 e. The molecule has 1 heterocycles. The molecule has 128 valence electrons. The zero-order chi connectivity index (χ0) is 15.5. The number of fused-ring (bicyclic) bond motifs is 1. The van der Waals surface area contributed by atoms with Gasteiger partial charge in [0.2, 0.25) is 0 Å². The van der Waals surface area contributed by atoms with Crippen LogP contribution >= 0.6 is 0 Å². The molecule has 3 aliphatic rings. The van der Waals surface area contributed by atoms with E-state index in [1.54, 1.807) is 0 Å². The van der Waals surface area contributed by atoms with E-state index in [4.69, 9.17) is 9.47 Å². The molecule has 2 aliphatic carbocycles. The third-order valence-electron chi connectivity index (χ3n) is 6.20. The molecule has 0 aromatic carbocycles. The molecule has 2 saturated carbocycles. The lowest BCUT2D eigenvalue weighted by Crippen LogP contribution is -2.45. The van der Waals surface area contributed by atoms with E-state index in [9.17, 15) is 5.11 Å². The SMILES string of the molecule is CCC1CC(CC(C)O)OC(C2CCC3CCCCC3C2)O1. The molecular formula is C19H34O3. The Labute approximate surface area is 135 Å². The summed E-state index contributed by atoms with van der Waals surface area (Å²) in [5.74, 6) is 2.46. The molecule has 3 heteroatoms. The largest absolute Gasteiger partial charge is 0.393 e. The van der Waals surface area contributed by atoms with Gasteiger partial charge >= 0.3 is 0 Å². The summed E-state index contributed by atoms with van der Waals surface area (Å²) in [6.07, 6.45) is 12.6. The van der Waals surface area contributed by atoms with E-state index in [1.165, 1.54) is 44.9 Å². The molecule has 7 atom stereocenters. The third-order valence-corrected chi connectivity index (χ3v) is 6.20. The summed E-state index contributed by atoms with van der Waals surface area (Å²) in [4.78, 5) is 0. The van der Waals surface area contributed by atoms with Gasteiger partial charge in [-0.1, -0.05) is 32.6 Å². The zero-order valence-corrected chi connectivity index (χ0v) is 14.4. The van der Waals surface area contributed by atoms with E-state index in [0.717, 1.165) is 31.1 Å². The molecule has 1 aliphatic heterocycles. The van der Waals surface area contributed by atoms with Gasteiger partial charge in [-0.3, -0.25) is 0 Å². The predicted molar refractivity (Wildman–Crippen MR) is 87.5 cm³/mol. The van der Waals surface area contributed by atoms with Crippen LogP contribution < -0.4 is 0 Å². The molecular weight excluding hydrogens is 276 g/mol. The lowest BCUT2D eigenvalue weighted by atomic mass is 9.67. The molecule has 0 amide bonds. The van der Waals surface area contributed by atoms with Crippen LogP contribution in [0.2, 0.25) is 0 Å².